The van der Waals surface area contributed by atoms with E-state index in [2.05, 4.69) is 4.98 Å². The number of carbonyl (C=O) groups excluding carboxylic acids is 1. The van der Waals surface area contributed by atoms with Crippen molar-refractivity contribution >= 4 is 6.29 Å². The Labute approximate surface area is 117 Å². The van der Waals surface area contributed by atoms with Gasteiger partial charge in [0.15, 0.2) is 13.1 Å². The van der Waals surface area contributed by atoms with Crippen LogP contribution < -0.4 is 9.47 Å². The number of methoxy groups -OCH3 is 2. The van der Waals surface area contributed by atoms with E-state index in [9.17, 15) is 4.79 Å². The number of hydrogen-bond donors (Lipinski definition) is 0. The van der Waals surface area contributed by atoms with Crippen molar-refractivity contribution < 1.29 is 19.0 Å². The number of hydrogen-bond acceptors (Lipinski definition) is 5. The lowest BCUT2D eigenvalue weighted by Gasteiger charge is -2.13. The van der Waals surface area contributed by atoms with Crippen LogP contribution in [0.3, 0.4) is 0 Å². The highest BCUT2D eigenvalue weighted by molar-refractivity contribution is 5.88. The smallest absolute Gasteiger partial charge is 0.188 e. The fraction of sp³-hybridized carbons (Fsp3) is 0.200. The first-order valence-electron chi connectivity index (χ1n) is 5.99. The molecule has 0 aliphatic heterocycles. The first kappa shape index (κ1) is 14.0. The van der Waals surface area contributed by atoms with Gasteiger partial charge in [0.25, 0.3) is 0 Å². The van der Waals surface area contributed by atoms with Crippen molar-refractivity contribution in [2.24, 2.45) is 0 Å². The third kappa shape index (κ3) is 2.95. The molecule has 2 aromatic rings. The van der Waals surface area contributed by atoms with Crippen LogP contribution >= 0.6 is 0 Å². The van der Waals surface area contributed by atoms with Gasteiger partial charge in [0, 0.05) is 36.7 Å². The Balaban J connectivity index is 2.51. The largest absolute Gasteiger partial charge is 0.497 e. The molecule has 1 heterocycles. The minimum absolute atomic E-state index is 0.113. The van der Waals surface area contributed by atoms with Gasteiger partial charge in [0.1, 0.15) is 11.5 Å². The van der Waals surface area contributed by atoms with Crippen molar-refractivity contribution in [1.29, 1.82) is 0 Å². The SMILES string of the molecule is COCOc1cc(OC)ccc1-c1ccncc1C=O. The van der Waals surface area contributed by atoms with Gasteiger partial charge in [-0.3, -0.25) is 9.78 Å². The van der Waals surface area contributed by atoms with E-state index in [4.69, 9.17) is 14.2 Å². The van der Waals surface area contributed by atoms with Gasteiger partial charge in [-0.15, -0.1) is 0 Å². The van der Waals surface area contributed by atoms with Crippen molar-refractivity contribution in [3.8, 4) is 22.6 Å². The van der Waals surface area contributed by atoms with Crippen molar-refractivity contribution in [2.45, 2.75) is 0 Å². The third-order valence-corrected chi connectivity index (χ3v) is 2.79. The third-order valence-electron chi connectivity index (χ3n) is 2.79. The number of carbonyl (C=O) groups is 1. The molecular weight excluding hydrogens is 258 g/mol. The minimum atomic E-state index is 0.113. The van der Waals surface area contributed by atoms with Crippen molar-refractivity contribution in [2.75, 3.05) is 21.0 Å². The zero-order chi connectivity index (χ0) is 14.4. The Bertz CT molecular complexity index is 598. The Morgan fingerprint density at radius 3 is 2.75 bits per heavy atom. The van der Waals surface area contributed by atoms with Gasteiger partial charge in [0.05, 0.1) is 7.11 Å². The van der Waals surface area contributed by atoms with E-state index in [-0.39, 0.29) is 6.79 Å². The summed E-state index contributed by atoms with van der Waals surface area (Å²) in [4.78, 5) is 15.1. The maximum atomic E-state index is 11.1. The second-order valence-corrected chi connectivity index (χ2v) is 3.99. The van der Waals surface area contributed by atoms with Gasteiger partial charge >= 0.3 is 0 Å². The number of benzene rings is 1. The summed E-state index contributed by atoms with van der Waals surface area (Å²) < 4.78 is 15.6. The summed E-state index contributed by atoms with van der Waals surface area (Å²) in [6.45, 7) is 0.113. The monoisotopic (exact) mass is 273 g/mol. The maximum Gasteiger partial charge on any atom is 0.188 e. The topological polar surface area (TPSA) is 57.6 Å². The van der Waals surface area contributed by atoms with Crippen LogP contribution in [0.25, 0.3) is 11.1 Å². The summed E-state index contributed by atoms with van der Waals surface area (Å²) in [6, 6.07) is 7.17. The quantitative estimate of drug-likeness (QED) is 0.598. The van der Waals surface area contributed by atoms with E-state index >= 15 is 0 Å². The molecule has 0 aliphatic rings. The zero-order valence-electron chi connectivity index (χ0n) is 11.3. The lowest BCUT2D eigenvalue weighted by molar-refractivity contribution is 0.0514. The molecule has 5 nitrogen and oxygen atoms in total. The lowest BCUT2D eigenvalue weighted by Crippen LogP contribution is -2.01. The summed E-state index contributed by atoms with van der Waals surface area (Å²) in [5.74, 6) is 1.25. The van der Waals surface area contributed by atoms with Gasteiger partial charge in [-0.1, -0.05) is 0 Å². The van der Waals surface area contributed by atoms with Crippen LogP contribution in [-0.2, 0) is 4.74 Å². The maximum absolute atomic E-state index is 11.1. The molecule has 0 atom stereocenters. The molecule has 0 saturated carbocycles. The lowest BCUT2D eigenvalue weighted by atomic mass is 10.0. The van der Waals surface area contributed by atoms with Crippen LogP contribution in [0.15, 0.2) is 36.7 Å². The van der Waals surface area contributed by atoms with E-state index in [1.807, 2.05) is 12.1 Å². The molecule has 0 N–H and O–H groups in total. The number of aldehydes is 1. The molecule has 104 valence electrons. The van der Waals surface area contributed by atoms with E-state index in [0.717, 1.165) is 17.4 Å². The molecule has 0 spiro atoms. The number of nitrogens with zero attached hydrogens (tertiary/aromatic N) is 1. The summed E-state index contributed by atoms with van der Waals surface area (Å²) in [7, 11) is 3.13. The fourth-order valence-electron chi connectivity index (χ4n) is 1.84. The van der Waals surface area contributed by atoms with Gasteiger partial charge in [-0.25, -0.2) is 0 Å². The standard InChI is InChI=1S/C15H15NO4/c1-18-10-20-15-7-12(19-2)3-4-14(15)13-5-6-16-8-11(13)9-17/h3-9H,10H2,1-2H3. The molecule has 0 saturated heterocycles. The van der Waals surface area contributed by atoms with Crippen LogP contribution in [0.4, 0.5) is 0 Å². The first-order valence-corrected chi connectivity index (χ1v) is 5.99. The molecule has 0 fully saturated rings. The van der Waals surface area contributed by atoms with E-state index in [1.165, 1.54) is 6.20 Å². The normalized spacial score (nSPS) is 10.1. The molecule has 5 heteroatoms. The molecule has 0 radical (unpaired) electrons. The second kappa shape index (κ2) is 6.68. The Morgan fingerprint density at radius 2 is 2.05 bits per heavy atom. The van der Waals surface area contributed by atoms with E-state index in [1.54, 1.807) is 32.5 Å². The molecule has 1 aromatic heterocycles. The predicted octanol–water partition coefficient (Wildman–Crippen LogP) is 2.55. The number of ether oxygens (including phenoxy) is 3. The van der Waals surface area contributed by atoms with Crippen molar-refractivity contribution in [3.05, 3.63) is 42.2 Å². The van der Waals surface area contributed by atoms with E-state index in [0.29, 0.717) is 17.1 Å². The van der Waals surface area contributed by atoms with Crippen LogP contribution in [-0.4, -0.2) is 32.3 Å². The molecule has 0 amide bonds. The van der Waals surface area contributed by atoms with Crippen molar-refractivity contribution in [1.82, 2.24) is 4.98 Å². The van der Waals surface area contributed by atoms with Crippen LogP contribution in [0.1, 0.15) is 10.4 Å². The molecule has 20 heavy (non-hydrogen) atoms. The Hall–Kier alpha value is -2.40. The predicted molar refractivity (Wildman–Crippen MR) is 74.1 cm³/mol. The first-order chi connectivity index (χ1) is 9.80. The highest BCUT2D eigenvalue weighted by atomic mass is 16.7. The van der Waals surface area contributed by atoms with Crippen LogP contribution in [0.2, 0.25) is 0 Å². The Morgan fingerprint density at radius 1 is 1.20 bits per heavy atom. The average molecular weight is 273 g/mol. The van der Waals surface area contributed by atoms with Crippen LogP contribution in [0.5, 0.6) is 11.5 Å². The summed E-state index contributed by atoms with van der Waals surface area (Å²) in [6.07, 6.45) is 3.92. The molecule has 0 bridgehead atoms. The molecule has 1 aromatic carbocycles. The minimum Gasteiger partial charge on any atom is -0.497 e. The number of rotatable bonds is 6. The van der Waals surface area contributed by atoms with Gasteiger partial charge in [-0.2, -0.15) is 0 Å². The van der Waals surface area contributed by atoms with Gasteiger partial charge in [-0.05, 0) is 23.8 Å². The molecular formula is C15H15NO4. The van der Waals surface area contributed by atoms with Gasteiger partial charge < -0.3 is 14.2 Å². The van der Waals surface area contributed by atoms with Crippen molar-refractivity contribution in [3.63, 3.8) is 0 Å². The Kier molecular flexibility index (Phi) is 4.68. The summed E-state index contributed by atoms with van der Waals surface area (Å²) >= 11 is 0. The van der Waals surface area contributed by atoms with Crippen LogP contribution in [0, 0.1) is 0 Å². The van der Waals surface area contributed by atoms with E-state index < -0.39 is 0 Å². The molecule has 0 aliphatic carbocycles. The summed E-state index contributed by atoms with van der Waals surface area (Å²) in [5.41, 5.74) is 2.04. The summed E-state index contributed by atoms with van der Waals surface area (Å²) in [5, 5.41) is 0. The van der Waals surface area contributed by atoms with Gasteiger partial charge in [0.2, 0.25) is 0 Å². The number of aromatic nitrogens is 1. The fourth-order valence-corrected chi connectivity index (χ4v) is 1.84. The number of pyridine rings is 1. The molecule has 0 unspecified atom stereocenters. The molecule has 2 rings (SSSR count). The highest BCUT2D eigenvalue weighted by Crippen LogP contribution is 2.34. The highest BCUT2D eigenvalue weighted by Gasteiger charge is 2.12. The average Bonchev–Trinajstić information content (AvgIpc) is 2.52. The zero-order valence-corrected chi connectivity index (χ0v) is 11.3. The second-order valence-electron chi connectivity index (χ2n) is 3.99.